The van der Waals surface area contributed by atoms with Crippen LogP contribution in [0, 0.1) is 11.8 Å². The first-order valence-corrected chi connectivity index (χ1v) is 8.65. The monoisotopic (exact) mass is 354 g/mol. The van der Waals surface area contributed by atoms with E-state index in [1.54, 1.807) is 4.68 Å². The van der Waals surface area contributed by atoms with Crippen molar-refractivity contribution in [2.24, 2.45) is 17.6 Å². The van der Waals surface area contributed by atoms with Crippen LogP contribution in [-0.4, -0.2) is 28.9 Å². The number of piperidine rings is 1. The molecule has 2 N–H and O–H groups in total. The molecule has 116 valence electrons. The van der Waals surface area contributed by atoms with Crippen molar-refractivity contribution >= 4 is 21.6 Å². The second-order valence-electron chi connectivity index (χ2n) is 6.34. The molecule has 1 aromatic heterocycles. The zero-order valence-electron chi connectivity index (χ0n) is 12.5. The molecule has 1 saturated carbocycles. The normalized spacial score (nSPS) is 26.1. The number of aromatic nitrogens is 2. The van der Waals surface area contributed by atoms with Crippen LogP contribution in [0.4, 0.5) is 5.69 Å². The summed E-state index contributed by atoms with van der Waals surface area (Å²) in [5.74, 6) is 1.13. The van der Waals surface area contributed by atoms with Crippen molar-refractivity contribution in [2.75, 3.05) is 18.0 Å². The van der Waals surface area contributed by atoms with Crippen molar-refractivity contribution in [2.45, 2.75) is 45.2 Å². The minimum absolute atomic E-state index is 0.0117. The van der Waals surface area contributed by atoms with Crippen molar-refractivity contribution in [3.05, 3.63) is 21.0 Å². The molecule has 2 unspecified atom stereocenters. The van der Waals surface area contributed by atoms with Crippen LogP contribution in [0.5, 0.6) is 0 Å². The summed E-state index contributed by atoms with van der Waals surface area (Å²) in [5, 5.41) is 4.37. The fraction of sp³-hybridized carbons (Fsp3) is 0.733. The van der Waals surface area contributed by atoms with Gasteiger partial charge >= 0.3 is 0 Å². The van der Waals surface area contributed by atoms with Gasteiger partial charge in [0.15, 0.2) is 0 Å². The molecule has 2 fully saturated rings. The van der Waals surface area contributed by atoms with Gasteiger partial charge in [-0.3, -0.25) is 4.79 Å². The highest BCUT2D eigenvalue weighted by Gasteiger charge is 2.28. The molecule has 6 heteroatoms. The molecule has 1 aliphatic heterocycles. The number of nitrogens with zero attached hydrogens (tertiary/aromatic N) is 3. The van der Waals surface area contributed by atoms with Gasteiger partial charge in [-0.25, -0.2) is 4.68 Å². The van der Waals surface area contributed by atoms with Gasteiger partial charge in [0.1, 0.15) is 4.47 Å². The number of anilines is 1. The summed E-state index contributed by atoms with van der Waals surface area (Å²) in [6.45, 7) is 4.73. The summed E-state index contributed by atoms with van der Waals surface area (Å²) in [6, 6.07) is 0.272. The van der Waals surface area contributed by atoms with Gasteiger partial charge in [0.05, 0.1) is 11.9 Å². The van der Waals surface area contributed by atoms with Gasteiger partial charge in [0.25, 0.3) is 5.56 Å². The fourth-order valence-electron chi connectivity index (χ4n) is 3.05. The number of halogens is 1. The molecule has 0 radical (unpaired) electrons. The Bertz CT molecular complexity index is 569. The van der Waals surface area contributed by atoms with E-state index in [4.69, 9.17) is 5.73 Å². The van der Waals surface area contributed by atoms with Crippen LogP contribution in [0.25, 0.3) is 0 Å². The van der Waals surface area contributed by atoms with E-state index >= 15 is 0 Å². The smallest absolute Gasteiger partial charge is 0.283 e. The van der Waals surface area contributed by atoms with Crippen molar-refractivity contribution in [3.63, 3.8) is 0 Å². The summed E-state index contributed by atoms with van der Waals surface area (Å²) in [7, 11) is 0. The van der Waals surface area contributed by atoms with Crippen molar-refractivity contribution in [3.8, 4) is 0 Å². The zero-order chi connectivity index (χ0) is 15.0. The minimum atomic E-state index is -0.0117. The molecular weight excluding hydrogens is 332 g/mol. The maximum atomic E-state index is 12.4. The van der Waals surface area contributed by atoms with Gasteiger partial charge in [-0.05, 0) is 47.0 Å². The summed E-state index contributed by atoms with van der Waals surface area (Å²) in [6.07, 6.45) is 6.31. The van der Waals surface area contributed by atoms with Gasteiger partial charge in [0.2, 0.25) is 0 Å². The first-order valence-electron chi connectivity index (χ1n) is 7.86. The van der Waals surface area contributed by atoms with E-state index in [9.17, 15) is 4.79 Å². The van der Waals surface area contributed by atoms with Gasteiger partial charge in [-0.15, -0.1) is 0 Å². The number of hydrogen-bond acceptors (Lipinski definition) is 4. The Morgan fingerprint density at radius 2 is 2.19 bits per heavy atom. The van der Waals surface area contributed by atoms with E-state index in [1.165, 1.54) is 12.8 Å². The van der Waals surface area contributed by atoms with Gasteiger partial charge in [0, 0.05) is 25.7 Å². The number of nitrogens with two attached hydrogens (primary N) is 1. The first kappa shape index (κ1) is 15.0. The van der Waals surface area contributed by atoms with Crippen LogP contribution in [0.2, 0.25) is 0 Å². The van der Waals surface area contributed by atoms with Crippen LogP contribution in [0.15, 0.2) is 15.5 Å². The van der Waals surface area contributed by atoms with Gasteiger partial charge < -0.3 is 10.6 Å². The topological polar surface area (TPSA) is 64.2 Å². The third-order valence-electron chi connectivity index (χ3n) is 4.75. The van der Waals surface area contributed by atoms with E-state index in [-0.39, 0.29) is 11.6 Å². The SMILES string of the molecule is CCC1CN(c2cnn(CC3CC3)c(=O)c2Br)CCC1N. The molecule has 3 rings (SSSR count). The second kappa shape index (κ2) is 6.08. The van der Waals surface area contributed by atoms with E-state index in [0.29, 0.717) is 16.3 Å². The number of hydrogen-bond donors (Lipinski definition) is 1. The molecule has 21 heavy (non-hydrogen) atoms. The average Bonchev–Trinajstić information content (AvgIpc) is 3.29. The fourth-order valence-corrected chi connectivity index (χ4v) is 3.61. The summed E-state index contributed by atoms with van der Waals surface area (Å²) < 4.78 is 2.24. The van der Waals surface area contributed by atoms with Crippen molar-refractivity contribution in [1.82, 2.24) is 9.78 Å². The molecular formula is C15H23BrN4O. The molecule has 0 amide bonds. The summed E-state index contributed by atoms with van der Waals surface area (Å²) in [5.41, 5.74) is 7.07. The van der Waals surface area contributed by atoms with E-state index < -0.39 is 0 Å². The molecule has 5 nitrogen and oxygen atoms in total. The molecule has 2 aliphatic rings. The lowest BCUT2D eigenvalue weighted by atomic mass is 9.90. The minimum Gasteiger partial charge on any atom is -0.369 e. The standard InChI is InChI=1S/C15H23BrN4O/c1-2-11-9-19(6-5-12(11)17)13-7-18-20(8-10-3-4-10)15(21)14(13)16/h7,10-12H,2-6,8-9,17H2,1H3. The Morgan fingerprint density at radius 3 is 2.86 bits per heavy atom. The summed E-state index contributed by atoms with van der Waals surface area (Å²) in [4.78, 5) is 14.7. The van der Waals surface area contributed by atoms with Crippen LogP contribution in [-0.2, 0) is 6.54 Å². The highest BCUT2D eigenvalue weighted by Crippen LogP contribution is 2.31. The number of rotatable bonds is 4. The Labute approximate surface area is 133 Å². The molecule has 1 aliphatic carbocycles. The highest BCUT2D eigenvalue weighted by molar-refractivity contribution is 9.10. The van der Waals surface area contributed by atoms with E-state index in [0.717, 1.165) is 38.2 Å². The quantitative estimate of drug-likeness (QED) is 0.897. The van der Waals surface area contributed by atoms with E-state index in [2.05, 4.69) is 32.9 Å². The molecule has 2 heterocycles. The predicted octanol–water partition coefficient (Wildman–Crippen LogP) is 1.98. The first-order chi connectivity index (χ1) is 10.1. The molecule has 2 atom stereocenters. The predicted molar refractivity (Wildman–Crippen MR) is 87.5 cm³/mol. The summed E-state index contributed by atoms with van der Waals surface area (Å²) >= 11 is 3.49. The average molecular weight is 355 g/mol. The zero-order valence-corrected chi connectivity index (χ0v) is 14.1. The molecule has 0 bridgehead atoms. The molecule has 1 saturated heterocycles. The third kappa shape index (κ3) is 3.16. The van der Waals surface area contributed by atoms with Crippen molar-refractivity contribution in [1.29, 1.82) is 0 Å². The molecule has 0 aromatic carbocycles. The van der Waals surface area contributed by atoms with Crippen LogP contribution in [0.3, 0.4) is 0 Å². The molecule has 0 spiro atoms. The maximum Gasteiger partial charge on any atom is 0.283 e. The maximum absolute atomic E-state index is 12.4. The Balaban J connectivity index is 1.81. The lowest BCUT2D eigenvalue weighted by Crippen LogP contribution is -2.47. The lowest BCUT2D eigenvalue weighted by Gasteiger charge is -2.38. The Hall–Kier alpha value is -0.880. The van der Waals surface area contributed by atoms with Crippen LogP contribution < -0.4 is 16.2 Å². The van der Waals surface area contributed by atoms with E-state index in [1.807, 2.05) is 6.20 Å². The molecule has 1 aromatic rings. The van der Waals surface area contributed by atoms with Gasteiger partial charge in [-0.1, -0.05) is 13.3 Å². The van der Waals surface area contributed by atoms with Gasteiger partial charge in [-0.2, -0.15) is 5.10 Å². The second-order valence-corrected chi connectivity index (χ2v) is 7.13. The Morgan fingerprint density at radius 1 is 1.43 bits per heavy atom. The van der Waals surface area contributed by atoms with Crippen molar-refractivity contribution < 1.29 is 0 Å². The van der Waals surface area contributed by atoms with Crippen LogP contribution in [0.1, 0.15) is 32.6 Å². The Kier molecular flexibility index (Phi) is 4.36. The highest BCUT2D eigenvalue weighted by atomic mass is 79.9. The lowest BCUT2D eigenvalue weighted by molar-refractivity contribution is 0.347. The van der Waals surface area contributed by atoms with Crippen LogP contribution >= 0.6 is 15.9 Å². The third-order valence-corrected chi connectivity index (χ3v) is 5.50. The largest absolute Gasteiger partial charge is 0.369 e.